The zero-order valence-corrected chi connectivity index (χ0v) is 17.9. The molecule has 2 unspecified atom stereocenters. The maximum absolute atomic E-state index is 12.5. The number of aliphatic hydroxyl groups is 1. The Hall–Kier alpha value is -2.91. The number of thioether (sulfide) groups is 1. The average molecular weight is 445 g/mol. The normalized spacial score (nSPS) is 18.2. The summed E-state index contributed by atoms with van der Waals surface area (Å²) in [6.45, 7) is 0.554. The van der Waals surface area contributed by atoms with Crippen LogP contribution >= 0.6 is 11.8 Å². The summed E-state index contributed by atoms with van der Waals surface area (Å²) in [5, 5.41) is 12.9. The summed E-state index contributed by atoms with van der Waals surface area (Å²) in [5.74, 6) is 1.01. The zero-order valence-electron chi connectivity index (χ0n) is 17.1. The quantitative estimate of drug-likeness (QED) is 0.602. The van der Waals surface area contributed by atoms with Crippen molar-refractivity contribution in [1.82, 2.24) is 5.32 Å². The molecule has 0 radical (unpaired) electrons. The van der Waals surface area contributed by atoms with Gasteiger partial charge in [-0.25, -0.2) is 0 Å². The minimum atomic E-state index is -0.887. The molecule has 2 N–H and O–H groups in total. The van der Waals surface area contributed by atoms with Crippen LogP contribution in [0.1, 0.15) is 6.42 Å². The van der Waals surface area contributed by atoms with Gasteiger partial charge in [0.1, 0.15) is 18.5 Å². The highest BCUT2D eigenvalue weighted by Crippen LogP contribution is 2.35. The van der Waals surface area contributed by atoms with Gasteiger partial charge in [-0.2, -0.15) is 0 Å². The lowest BCUT2D eigenvalue weighted by atomic mass is 10.1. The predicted octanol–water partition coefficient (Wildman–Crippen LogP) is 2.05. The van der Waals surface area contributed by atoms with Crippen LogP contribution in [0.4, 0.5) is 5.69 Å². The fourth-order valence-corrected chi connectivity index (χ4v) is 3.88. The molecule has 8 nitrogen and oxygen atoms in total. The predicted molar refractivity (Wildman–Crippen MR) is 116 cm³/mol. The highest BCUT2D eigenvalue weighted by atomic mass is 32.2. The van der Waals surface area contributed by atoms with Crippen LogP contribution in [0, 0.1) is 5.92 Å². The third-order valence-corrected chi connectivity index (χ3v) is 5.92. The molecule has 0 aliphatic carbocycles. The van der Waals surface area contributed by atoms with Crippen molar-refractivity contribution in [3.63, 3.8) is 0 Å². The second-order valence-electron chi connectivity index (χ2n) is 7.33. The third-order valence-electron chi connectivity index (χ3n) is 5.18. The van der Waals surface area contributed by atoms with Gasteiger partial charge in [-0.15, -0.1) is 11.8 Å². The summed E-state index contributed by atoms with van der Waals surface area (Å²) < 4.78 is 16.1. The summed E-state index contributed by atoms with van der Waals surface area (Å²) in [5.41, 5.74) is 0.787. The van der Waals surface area contributed by atoms with E-state index in [2.05, 4.69) is 5.32 Å². The van der Waals surface area contributed by atoms with E-state index in [1.54, 1.807) is 34.9 Å². The Morgan fingerprint density at radius 3 is 2.81 bits per heavy atom. The number of nitrogens with one attached hydrogen (secondary N) is 1. The van der Waals surface area contributed by atoms with E-state index in [-0.39, 0.29) is 38.2 Å². The van der Waals surface area contributed by atoms with E-state index in [1.807, 2.05) is 30.5 Å². The molecule has 2 amide bonds. The fraction of sp³-hybridized carbons (Fsp3) is 0.364. The SMILES string of the molecule is CSc1ccc(N2CC(C(=O)NCC(O)COc3ccc4c(c3)OCO4)CC2=O)cc1. The summed E-state index contributed by atoms with van der Waals surface area (Å²) in [6.07, 6.45) is 1.26. The van der Waals surface area contributed by atoms with Crippen LogP contribution in [0.15, 0.2) is 47.4 Å². The summed E-state index contributed by atoms with van der Waals surface area (Å²) in [6, 6.07) is 12.8. The van der Waals surface area contributed by atoms with Gasteiger partial charge in [-0.05, 0) is 42.7 Å². The lowest BCUT2D eigenvalue weighted by Crippen LogP contribution is -2.39. The minimum Gasteiger partial charge on any atom is -0.491 e. The number of nitrogens with zero attached hydrogens (tertiary/aromatic N) is 1. The molecule has 164 valence electrons. The first-order valence-corrected chi connectivity index (χ1v) is 11.2. The fourth-order valence-electron chi connectivity index (χ4n) is 3.48. The number of anilines is 1. The molecule has 1 saturated heterocycles. The maximum atomic E-state index is 12.5. The summed E-state index contributed by atoms with van der Waals surface area (Å²) in [4.78, 5) is 27.6. The maximum Gasteiger partial charge on any atom is 0.231 e. The van der Waals surface area contributed by atoms with E-state index >= 15 is 0 Å². The second kappa shape index (κ2) is 9.49. The van der Waals surface area contributed by atoms with Gasteiger partial charge in [0, 0.05) is 36.2 Å². The number of carbonyl (C=O) groups is 2. The van der Waals surface area contributed by atoms with E-state index in [0.29, 0.717) is 23.8 Å². The van der Waals surface area contributed by atoms with Crippen molar-refractivity contribution >= 4 is 29.3 Å². The van der Waals surface area contributed by atoms with Gasteiger partial charge >= 0.3 is 0 Å². The van der Waals surface area contributed by atoms with Crippen molar-refractivity contribution in [3.8, 4) is 17.2 Å². The second-order valence-corrected chi connectivity index (χ2v) is 8.21. The van der Waals surface area contributed by atoms with Crippen molar-refractivity contribution < 1.29 is 28.9 Å². The van der Waals surface area contributed by atoms with Crippen molar-refractivity contribution in [2.24, 2.45) is 5.92 Å². The first-order valence-electron chi connectivity index (χ1n) is 9.96. The Labute approximate surface area is 184 Å². The molecular formula is C22H24N2O6S. The molecule has 2 aliphatic rings. The molecule has 0 aromatic heterocycles. The first kappa shape index (κ1) is 21.3. The van der Waals surface area contributed by atoms with Crippen LogP contribution < -0.4 is 24.4 Å². The van der Waals surface area contributed by atoms with Gasteiger partial charge in [0.2, 0.25) is 18.6 Å². The average Bonchev–Trinajstić information content (AvgIpc) is 3.42. The van der Waals surface area contributed by atoms with E-state index < -0.39 is 12.0 Å². The van der Waals surface area contributed by atoms with Crippen molar-refractivity contribution in [1.29, 1.82) is 0 Å². The zero-order chi connectivity index (χ0) is 21.8. The Balaban J connectivity index is 1.23. The number of hydrogen-bond donors (Lipinski definition) is 2. The molecule has 2 aromatic rings. The van der Waals surface area contributed by atoms with Crippen molar-refractivity contribution in [2.75, 3.05) is 37.6 Å². The lowest BCUT2D eigenvalue weighted by molar-refractivity contribution is -0.126. The largest absolute Gasteiger partial charge is 0.491 e. The van der Waals surface area contributed by atoms with E-state index in [9.17, 15) is 14.7 Å². The number of hydrogen-bond acceptors (Lipinski definition) is 7. The van der Waals surface area contributed by atoms with Crippen molar-refractivity contribution in [2.45, 2.75) is 17.4 Å². The summed E-state index contributed by atoms with van der Waals surface area (Å²) in [7, 11) is 0. The molecule has 0 bridgehead atoms. The number of aliphatic hydroxyl groups excluding tert-OH is 1. The van der Waals surface area contributed by atoms with Crippen LogP contribution in [-0.2, 0) is 9.59 Å². The van der Waals surface area contributed by atoms with Crippen LogP contribution in [-0.4, -0.2) is 55.8 Å². The molecule has 2 heterocycles. The van der Waals surface area contributed by atoms with Crippen LogP contribution in [0.25, 0.3) is 0 Å². The molecule has 0 saturated carbocycles. The van der Waals surface area contributed by atoms with E-state index in [4.69, 9.17) is 14.2 Å². The number of ether oxygens (including phenoxy) is 3. The minimum absolute atomic E-state index is 0.0113. The standard InChI is InChI=1S/C22H24N2O6S/c1-31-18-5-2-15(3-6-18)24-11-14(8-21(24)26)22(27)23-10-16(25)12-28-17-4-7-19-20(9-17)30-13-29-19/h2-7,9,14,16,25H,8,10-13H2,1H3,(H,23,27). The Morgan fingerprint density at radius 1 is 1.26 bits per heavy atom. The Morgan fingerprint density at radius 2 is 2.03 bits per heavy atom. The van der Waals surface area contributed by atoms with Gasteiger partial charge in [0.25, 0.3) is 0 Å². The molecule has 0 spiro atoms. The number of benzene rings is 2. The topological polar surface area (TPSA) is 97.3 Å². The summed E-state index contributed by atoms with van der Waals surface area (Å²) >= 11 is 1.63. The molecule has 2 atom stereocenters. The van der Waals surface area contributed by atoms with Gasteiger partial charge in [0.15, 0.2) is 11.5 Å². The molecule has 9 heteroatoms. The molecule has 31 heavy (non-hydrogen) atoms. The van der Waals surface area contributed by atoms with E-state index in [0.717, 1.165) is 10.6 Å². The molecule has 1 fully saturated rings. The Kier molecular flexibility index (Phi) is 6.53. The number of carbonyl (C=O) groups excluding carboxylic acids is 2. The molecular weight excluding hydrogens is 420 g/mol. The van der Waals surface area contributed by atoms with Gasteiger partial charge < -0.3 is 29.5 Å². The smallest absolute Gasteiger partial charge is 0.231 e. The van der Waals surface area contributed by atoms with Gasteiger partial charge in [0.05, 0.1) is 5.92 Å². The van der Waals surface area contributed by atoms with Gasteiger partial charge in [-0.3, -0.25) is 9.59 Å². The molecule has 4 rings (SSSR count). The highest BCUT2D eigenvalue weighted by Gasteiger charge is 2.35. The lowest BCUT2D eigenvalue weighted by Gasteiger charge is -2.18. The highest BCUT2D eigenvalue weighted by molar-refractivity contribution is 7.98. The van der Waals surface area contributed by atoms with E-state index in [1.165, 1.54) is 0 Å². The van der Waals surface area contributed by atoms with Crippen molar-refractivity contribution in [3.05, 3.63) is 42.5 Å². The third kappa shape index (κ3) is 5.05. The van der Waals surface area contributed by atoms with Gasteiger partial charge in [-0.1, -0.05) is 0 Å². The molecule has 2 aromatic carbocycles. The monoisotopic (exact) mass is 444 g/mol. The van der Waals surface area contributed by atoms with Crippen LogP contribution in [0.5, 0.6) is 17.2 Å². The number of fused-ring (bicyclic) bond motifs is 1. The Bertz CT molecular complexity index is 952. The van der Waals surface area contributed by atoms with Crippen LogP contribution in [0.3, 0.4) is 0 Å². The van der Waals surface area contributed by atoms with Crippen LogP contribution in [0.2, 0.25) is 0 Å². The first-order chi connectivity index (χ1) is 15.0. The number of amides is 2. The molecule has 2 aliphatic heterocycles. The number of rotatable bonds is 8.